The van der Waals surface area contributed by atoms with Gasteiger partial charge in [-0.25, -0.2) is 9.78 Å². The normalized spacial score (nSPS) is 15.5. The molecule has 1 aliphatic rings. The van der Waals surface area contributed by atoms with Crippen LogP contribution in [0.3, 0.4) is 0 Å². The average molecular weight is 330 g/mol. The molecular weight excluding hydrogens is 310 g/mol. The van der Waals surface area contributed by atoms with Crippen molar-refractivity contribution in [2.24, 2.45) is 0 Å². The largest absolute Gasteiger partial charge is 0.324 e. The number of aromatic nitrogens is 1. The average Bonchev–Trinajstić information content (AvgIpc) is 2.57. The lowest BCUT2D eigenvalue weighted by Crippen LogP contribution is -2.40. The second kappa shape index (κ2) is 7.01. The lowest BCUT2D eigenvalue weighted by Gasteiger charge is -2.32. The zero-order valence-electron chi connectivity index (χ0n) is 13.1. The van der Waals surface area contributed by atoms with E-state index in [1.807, 2.05) is 42.2 Å². The number of nitrogens with one attached hydrogen (secondary N) is 1. The van der Waals surface area contributed by atoms with Crippen LogP contribution in [0.25, 0.3) is 0 Å². The molecule has 0 spiro atoms. The summed E-state index contributed by atoms with van der Waals surface area (Å²) >= 11 is 6.06. The van der Waals surface area contributed by atoms with E-state index in [1.165, 1.54) is 5.56 Å². The van der Waals surface area contributed by atoms with Crippen LogP contribution in [0, 0.1) is 6.92 Å². The van der Waals surface area contributed by atoms with Gasteiger partial charge in [0.15, 0.2) is 0 Å². The fraction of sp³-hybridized carbons (Fsp3) is 0.333. The molecule has 1 aliphatic heterocycles. The molecule has 120 valence electrons. The number of amides is 2. The molecule has 0 atom stereocenters. The second-order valence-corrected chi connectivity index (χ2v) is 6.40. The van der Waals surface area contributed by atoms with Crippen molar-refractivity contribution < 1.29 is 4.79 Å². The molecule has 0 saturated carbocycles. The first kappa shape index (κ1) is 15.8. The summed E-state index contributed by atoms with van der Waals surface area (Å²) in [6.45, 7) is 3.46. The zero-order valence-corrected chi connectivity index (χ0v) is 13.9. The standard InChI is InChI=1S/C18H20ClN3O/c1-13-5-6-17(20-12-13)21-18(23)22-9-7-14(8-10-22)15-3-2-4-16(19)11-15/h2-6,11-12,14H,7-10H2,1H3,(H,20,21,23). The van der Waals surface area contributed by atoms with Crippen LogP contribution in [0.1, 0.15) is 29.9 Å². The smallest absolute Gasteiger partial charge is 0.323 e. The van der Waals surface area contributed by atoms with E-state index in [1.54, 1.807) is 6.20 Å². The van der Waals surface area contributed by atoms with Gasteiger partial charge in [-0.1, -0.05) is 29.8 Å². The minimum Gasteiger partial charge on any atom is -0.324 e. The molecule has 2 amide bonds. The predicted molar refractivity (Wildman–Crippen MR) is 93.0 cm³/mol. The third kappa shape index (κ3) is 4.02. The van der Waals surface area contributed by atoms with E-state index in [2.05, 4.69) is 16.4 Å². The SMILES string of the molecule is Cc1ccc(NC(=O)N2CCC(c3cccc(Cl)c3)CC2)nc1. The van der Waals surface area contributed by atoms with Crippen molar-refractivity contribution in [2.45, 2.75) is 25.7 Å². The van der Waals surface area contributed by atoms with Crippen molar-refractivity contribution in [3.63, 3.8) is 0 Å². The summed E-state index contributed by atoms with van der Waals surface area (Å²) < 4.78 is 0. The molecule has 1 fully saturated rings. The highest BCUT2D eigenvalue weighted by atomic mass is 35.5. The summed E-state index contributed by atoms with van der Waals surface area (Å²) in [5, 5.41) is 3.63. The predicted octanol–water partition coefficient (Wildman–Crippen LogP) is 4.45. The first-order chi connectivity index (χ1) is 11.1. The Bertz CT molecular complexity index is 679. The van der Waals surface area contributed by atoms with Gasteiger partial charge < -0.3 is 4.90 Å². The van der Waals surface area contributed by atoms with Crippen molar-refractivity contribution in [3.05, 3.63) is 58.7 Å². The van der Waals surface area contributed by atoms with Gasteiger partial charge >= 0.3 is 6.03 Å². The van der Waals surface area contributed by atoms with E-state index in [4.69, 9.17) is 11.6 Å². The summed E-state index contributed by atoms with van der Waals surface area (Å²) in [5.74, 6) is 1.06. The molecule has 0 radical (unpaired) electrons. The molecule has 23 heavy (non-hydrogen) atoms. The number of urea groups is 1. The molecule has 4 nitrogen and oxygen atoms in total. The minimum absolute atomic E-state index is 0.0779. The Balaban J connectivity index is 1.56. The van der Waals surface area contributed by atoms with Crippen molar-refractivity contribution in [2.75, 3.05) is 18.4 Å². The van der Waals surface area contributed by atoms with E-state index in [9.17, 15) is 4.79 Å². The summed E-state index contributed by atoms with van der Waals surface area (Å²) in [6, 6.07) is 11.7. The van der Waals surface area contributed by atoms with Crippen LogP contribution in [0.2, 0.25) is 5.02 Å². The van der Waals surface area contributed by atoms with Crippen LogP contribution < -0.4 is 5.32 Å². The zero-order chi connectivity index (χ0) is 16.2. The number of anilines is 1. The number of halogens is 1. The number of pyridine rings is 1. The number of hydrogen-bond donors (Lipinski definition) is 1. The molecule has 1 aromatic heterocycles. The first-order valence-electron chi connectivity index (χ1n) is 7.86. The van der Waals surface area contributed by atoms with Gasteiger partial charge in [-0.3, -0.25) is 5.32 Å². The molecule has 2 aromatic rings. The van der Waals surface area contributed by atoms with Crippen LogP contribution in [0.5, 0.6) is 0 Å². The molecule has 1 saturated heterocycles. The number of nitrogens with zero attached hydrogens (tertiary/aromatic N) is 2. The number of piperidine rings is 1. The quantitative estimate of drug-likeness (QED) is 0.884. The van der Waals surface area contributed by atoms with E-state index < -0.39 is 0 Å². The molecule has 0 aliphatic carbocycles. The Labute approximate surface area is 141 Å². The number of benzene rings is 1. The molecule has 1 N–H and O–H groups in total. The van der Waals surface area contributed by atoms with Crippen LogP contribution >= 0.6 is 11.6 Å². The van der Waals surface area contributed by atoms with Gasteiger partial charge in [0.05, 0.1) is 0 Å². The van der Waals surface area contributed by atoms with Crippen LogP contribution in [-0.4, -0.2) is 29.0 Å². The molecule has 1 aromatic carbocycles. The maximum absolute atomic E-state index is 12.3. The number of aryl methyl sites for hydroxylation is 1. The molecule has 2 heterocycles. The molecule has 0 unspecified atom stereocenters. The van der Waals surface area contributed by atoms with Gasteiger partial charge in [-0.05, 0) is 55.0 Å². The van der Waals surface area contributed by atoms with Crippen LogP contribution in [-0.2, 0) is 0 Å². The maximum Gasteiger partial charge on any atom is 0.323 e. The number of carbonyl (C=O) groups excluding carboxylic acids is 1. The lowest BCUT2D eigenvalue weighted by molar-refractivity contribution is 0.194. The fourth-order valence-corrected chi connectivity index (χ4v) is 3.11. The lowest BCUT2D eigenvalue weighted by atomic mass is 9.89. The van der Waals surface area contributed by atoms with Crippen LogP contribution in [0.15, 0.2) is 42.6 Å². The van der Waals surface area contributed by atoms with Crippen molar-refractivity contribution in [1.29, 1.82) is 0 Å². The van der Waals surface area contributed by atoms with E-state index >= 15 is 0 Å². The van der Waals surface area contributed by atoms with E-state index in [0.717, 1.165) is 36.5 Å². The topological polar surface area (TPSA) is 45.2 Å². The molecular formula is C18H20ClN3O. The number of hydrogen-bond acceptors (Lipinski definition) is 2. The molecule has 5 heteroatoms. The second-order valence-electron chi connectivity index (χ2n) is 5.97. The Hall–Kier alpha value is -2.07. The highest BCUT2D eigenvalue weighted by molar-refractivity contribution is 6.30. The van der Waals surface area contributed by atoms with Crippen molar-refractivity contribution in [3.8, 4) is 0 Å². The first-order valence-corrected chi connectivity index (χ1v) is 8.23. The van der Waals surface area contributed by atoms with Gasteiger partial charge in [-0.15, -0.1) is 0 Å². The Morgan fingerprint density at radius 2 is 2.04 bits per heavy atom. The fourth-order valence-electron chi connectivity index (χ4n) is 2.91. The van der Waals surface area contributed by atoms with Crippen molar-refractivity contribution in [1.82, 2.24) is 9.88 Å². The summed E-state index contributed by atoms with van der Waals surface area (Å²) in [6.07, 6.45) is 3.66. The Morgan fingerprint density at radius 3 is 2.70 bits per heavy atom. The van der Waals surface area contributed by atoms with Gasteiger partial charge in [0.2, 0.25) is 0 Å². The number of carbonyl (C=O) groups is 1. The number of likely N-dealkylation sites (tertiary alicyclic amines) is 1. The maximum atomic E-state index is 12.3. The van der Waals surface area contributed by atoms with Crippen molar-refractivity contribution >= 4 is 23.4 Å². The molecule has 0 bridgehead atoms. The van der Waals surface area contributed by atoms with E-state index in [-0.39, 0.29) is 6.03 Å². The third-order valence-electron chi connectivity index (χ3n) is 4.25. The number of rotatable bonds is 2. The van der Waals surface area contributed by atoms with Gasteiger partial charge in [0.1, 0.15) is 5.82 Å². The Kier molecular flexibility index (Phi) is 4.82. The van der Waals surface area contributed by atoms with Gasteiger partial charge in [0.25, 0.3) is 0 Å². The highest BCUT2D eigenvalue weighted by Crippen LogP contribution is 2.29. The van der Waals surface area contributed by atoms with Gasteiger partial charge in [-0.2, -0.15) is 0 Å². The van der Waals surface area contributed by atoms with Crippen LogP contribution in [0.4, 0.5) is 10.6 Å². The Morgan fingerprint density at radius 1 is 1.26 bits per heavy atom. The van der Waals surface area contributed by atoms with E-state index in [0.29, 0.717) is 11.7 Å². The summed E-state index contributed by atoms with van der Waals surface area (Å²) in [7, 11) is 0. The van der Waals surface area contributed by atoms with Gasteiger partial charge in [0, 0.05) is 24.3 Å². The minimum atomic E-state index is -0.0779. The monoisotopic (exact) mass is 329 g/mol. The molecule has 3 rings (SSSR count). The summed E-state index contributed by atoms with van der Waals surface area (Å²) in [5.41, 5.74) is 2.34. The third-order valence-corrected chi connectivity index (χ3v) is 4.48. The highest BCUT2D eigenvalue weighted by Gasteiger charge is 2.24. The summed E-state index contributed by atoms with van der Waals surface area (Å²) in [4.78, 5) is 18.4.